The van der Waals surface area contributed by atoms with E-state index in [0.717, 1.165) is 5.56 Å². The fourth-order valence-corrected chi connectivity index (χ4v) is 3.29. The van der Waals surface area contributed by atoms with Crippen molar-refractivity contribution in [2.45, 2.75) is 13.8 Å². The topological polar surface area (TPSA) is 76.4 Å². The monoisotopic (exact) mass is 431 g/mol. The van der Waals surface area contributed by atoms with E-state index in [0.29, 0.717) is 34.0 Å². The number of nitrogens with zero attached hydrogens (tertiary/aromatic N) is 1. The third-order valence-electron chi connectivity index (χ3n) is 4.98. The van der Waals surface area contributed by atoms with Crippen molar-refractivity contribution in [2.24, 2.45) is 0 Å². The average Bonchev–Trinajstić information content (AvgIpc) is 3.19. The molecule has 0 unspecified atom stereocenters. The summed E-state index contributed by atoms with van der Waals surface area (Å²) < 4.78 is 11.0. The van der Waals surface area contributed by atoms with Gasteiger partial charge in [-0.15, -0.1) is 0 Å². The molecule has 0 saturated heterocycles. The predicted molar refractivity (Wildman–Crippen MR) is 126 cm³/mol. The molecule has 4 aromatic rings. The number of ether oxygens (including phenoxy) is 1. The van der Waals surface area contributed by atoms with Gasteiger partial charge < -0.3 is 14.5 Å². The summed E-state index contributed by atoms with van der Waals surface area (Å²) in [5, 5.41) is 5.88. The van der Waals surface area contributed by atoms with Gasteiger partial charge in [-0.2, -0.15) is 0 Å². The zero-order valence-corrected chi connectivity index (χ0v) is 18.2. The predicted octanol–water partition coefficient (Wildman–Crippen LogP) is 5.25. The molecule has 1 heterocycles. The smallest absolute Gasteiger partial charge is 0.257 e. The Morgan fingerprint density at radius 3 is 2.48 bits per heavy atom. The summed E-state index contributed by atoms with van der Waals surface area (Å²) in [6, 6.07) is 18.4. The molecular weight excluding hydrogens is 410 g/mol. The van der Waals surface area contributed by atoms with E-state index in [4.69, 9.17) is 21.4 Å². The SMILES string of the molecule is COc1ccc(C(=O)NC(=S)Nc2ccc3oc(-c4ccc(C)c(C)c4)nc3c2)cc1. The van der Waals surface area contributed by atoms with E-state index >= 15 is 0 Å². The van der Waals surface area contributed by atoms with Crippen LogP contribution < -0.4 is 15.4 Å². The van der Waals surface area contributed by atoms with E-state index in [1.165, 1.54) is 11.1 Å². The van der Waals surface area contributed by atoms with Crippen LogP contribution in [0.15, 0.2) is 65.1 Å². The maximum atomic E-state index is 12.4. The molecule has 0 saturated carbocycles. The second-order valence-electron chi connectivity index (χ2n) is 7.14. The van der Waals surface area contributed by atoms with Crippen molar-refractivity contribution in [3.05, 3.63) is 77.4 Å². The molecule has 2 N–H and O–H groups in total. The number of rotatable bonds is 4. The highest BCUT2D eigenvalue weighted by atomic mass is 32.1. The van der Waals surface area contributed by atoms with Crippen LogP contribution in [0.5, 0.6) is 5.75 Å². The van der Waals surface area contributed by atoms with Gasteiger partial charge in [0.1, 0.15) is 11.3 Å². The standard InChI is InChI=1S/C24H21N3O3S/c1-14-4-5-17(12-15(14)2)23-26-20-13-18(8-11-21(20)30-23)25-24(31)27-22(28)16-6-9-19(29-3)10-7-16/h4-13H,1-3H3,(H2,25,27,28,31). The lowest BCUT2D eigenvalue weighted by molar-refractivity contribution is 0.0977. The number of hydrogen-bond donors (Lipinski definition) is 2. The molecule has 3 aromatic carbocycles. The number of carbonyl (C=O) groups is 1. The Labute approximate surface area is 185 Å². The Kier molecular flexibility index (Phi) is 5.68. The van der Waals surface area contributed by atoms with E-state index in [2.05, 4.69) is 41.6 Å². The van der Waals surface area contributed by atoms with Crippen LogP contribution in [0.4, 0.5) is 5.69 Å². The number of aromatic nitrogens is 1. The summed E-state index contributed by atoms with van der Waals surface area (Å²) in [6.07, 6.45) is 0. The van der Waals surface area contributed by atoms with E-state index in [1.807, 2.05) is 24.3 Å². The highest BCUT2D eigenvalue weighted by Crippen LogP contribution is 2.27. The number of thiocarbonyl (C=S) groups is 1. The van der Waals surface area contributed by atoms with E-state index in [9.17, 15) is 4.79 Å². The van der Waals surface area contributed by atoms with Crippen LogP contribution in [-0.2, 0) is 0 Å². The zero-order chi connectivity index (χ0) is 22.0. The highest BCUT2D eigenvalue weighted by molar-refractivity contribution is 7.80. The first-order chi connectivity index (χ1) is 14.9. The van der Waals surface area contributed by atoms with Crippen LogP contribution in [0.3, 0.4) is 0 Å². The molecule has 0 fully saturated rings. The average molecular weight is 432 g/mol. The van der Waals surface area contributed by atoms with Crippen molar-refractivity contribution in [3.8, 4) is 17.2 Å². The van der Waals surface area contributed by atoms with Crippen molar-refractivity contribution in [2.75, 3.05) is 12.4 Å². The Morgan fingerprint density at radius 2 is 1.77 bits per heavy atom. The van der Waals surface area contributed by atoms with Crippen LogP contribution in [0.25, 0.3) is 22.6 Å². The number of benzene rings is 3. The van der Waals surface area contributed by atoms with E-state index < -0.39 is 0 Å². The maximum Gasteiger partial charge on any atom is 0.257 e. The summed E-state index contributed by atoms with van der Waals surface area (Å²) in [5.41, 5.74) is 5.88. The molecule has 0 aliphatic carbocycles. The number of methoxy groups -OCH3 is 1. The Balaban J connectivity index is 1.47. The molecule has 31 heavy (non-hydrogen) atoms. The van der Waals surface area contributed by atoms with E-state index in [-0.39, 0.29) is 11.0 Å². The van der Waals surface area contributed by atoms with Gasteiger partial charge in [0.25, 0.3) is 5.91 Å². The molecule has 0 spiro atoms. The van der Waals surface area contributed by atoms with Gasteiger partial charge in [-0.3, -0.25) is 10.1 Å². The van der Waals surface area contributed by atoms with E-state index in [1.54, 1.807) is 31.4 Å². The molecule has 0 aliphatic rings. The number of oxazole rings is 1. The fourth-order valence-electron chi connectivity index (χ4n) is 3.08. The fraction of sp³-hybridized carbons (Fsp3) is 0.125. The number of hydrogen-bond acceptors (Lipinski definition) is 5. The molecule has 156 valence electrons. The summed E-state index contributed by atoms with van der Waals surface area (Å²) >= 11 is 5.28. The summed E-state index contributed by atoms with van der Waals surface area (Å²) in [4.78, 5) is 17.0. The first kappa shape index (κ1) is 20.6. The molecule has 0 atom stereocenters. The minimum Gasteiger partial charge on any atom is -0.497 e. The second-order valence-corrected chi connectivity index (χ2v) is 7.55. The maximum absolute atomic E-state index is 12.4. The van der Waals surface area contributed by atoms with Crippen LogP contribution >= 0.6 is 12.2 Å². The molecule has 7 heteroatoms. The highest BCUT2D eigenvalue weighted by Gasteiger charge is 2.12. The normalized spacial score (nSPS) is 10.7. The number of amides is 1. The summed E-state index contributed by atoms with van der Waals surface area (Å²) in [6.45, 7) is 4.13. The number of fused-ring (bicyclic) bond motifs is 1. The number of nitrogens with one attached hydrogen (secondary N) is 2. The largest absolute Gasteiger partial charge is 0.497 e. The van der Waals surface area contributed by atoms with Crippen LogP contribution in [0.2, 0.25) is 0 Å². The van der Waals surface area contributed by atoms with Gasteiger partial charge >= 0.3 is 0 Å². The Bertz CT molecular complexity index is 1280. The Morgan fingerprint density at radius 1 is 1.00 bits per heavy atom. The number of carbonyl (C=O) groups excluding carboxylic acids is 1. The molecule has 0 bridgehead atoms. The zero-order valence-electron chi connectivity index (χ0n) is 17.4. The van der Waals surface area contributed by atoms with Gasteiger partial charge in [0.2, 0.25) is 5.89 Å². The molecule has 4 rings (SSSR count). The van der Waals surface area contributed by atoms with Crippen LogP contribution in [-0.4, -0.2) is 23.1 Å². The third-order valence-corrected chi connectivity index (χ3v) is 5.18. The van der Waals surface area contributed by atoms with Crippen molar-refractivity contribution in [1.29, 1.82) is 0 Å². The second kappa shape index (κ2) is 8.57. The first-order valence-electron chi connectivity index (χ1n) is 9.67. The summed E-state index contributed by atoms with van der Waals surface area (Å²) in [5.74, 6) is 0.934. The number of aryl methyl sites for hydroxylation is 2. The van der Waals surface area contributed by atoms with Crippen LogP contribution in [0, 0.1) is 13.8 Å². The van der Waals surface area contributed by atoms with Gasteiger partial charge in [0, 0.05) is 16.8 Å². The molecular formula is C24H21N3O3S. The summed E-state index contributed by atoms with van der Waals surface area (Å²) in [7, 11) is 1.57. The molecule has 1 aromatic heterocycles. The first-order valence-corrected chi connectivity index (χ1v) is 10.1. The van der Waals surface area contributed by atoms with Crippen LogP contribution in [0.1, 0.15) is 21.5 Å². The third kappa shape index (κ3) is 4.57. The molecule has 0 radical (unpaired) electrons. The van der Waals surface area contributed by atoms with Gasteiger partial charge in [0.15, 0.2) is 10.7 Å². The molecule has 6 nitrogen and oxygen atoms in total. The van der Waals surface area contributed by atoms with Crippen molar-refractivity contribution in [3.63, 3.8) is 0 Å². The van der Waals surface area contributed by atoms with Crippen molar-refractivity contribution < 1.29 is 13.9 Å². The van der Waals surface area contributed by atoms with Gasteiger partial charge in [-0.25, -0.2) is 4.98 Å². The van der Waals surface area contributed by atoms with Crippen molar-refractivity contribution >= 4 is 40.0 Å². The van der Waals surface area contributed by atoms with Gasteiger partial charge in [0.05, 0.1) is 7.11 Å². The molecule has 1 amide bonds. The lowest BCUT2D eigenvalue weighted by Gasteiger charge is -2.09. The van der Waals surface area contributed by atoms with Gasteiger partial charge in [-0.1, -0.05) is 6.07 Å². The lowest BCUT2D eigenvalue weighted by atomic mass is 10.1. The minimum absolute atomic E-state index is 0.193. The number of anilines is 1. The van der Waals surface area contributed by atoms with Crippen molar-refractivity contribution in [1.82, 2.24) is 10.3 Å². The molecule has 0 aliphatic heterocycles. The lowest BCUT2D eigenvalue weighted by Crippen LogP contribution is -2.34. The minimum atomic E-state index is -0.306. The van der Waals surface area contributed by atoms with Gasteiger partial charge in [-0.05, 0) is 91.8 Å². The quantitative estimate of drug-likeness (QED) is 0.430. The Hall–Kier alpha value is -3.71.